The normalized spacial score (nSPS) is 22.5. The number of hydrogen-bond donors (Lipinski definition) is 0. The van der Waals surface area contributed by atoms with Gasteiger partial charge in [0.05, 0.1) is 19.1 Å². The Kier molecular flexibility index (Phi) is 2.34. The van der Waals surface area contributed by atoms with Crippen LogP contribution < -0.4 is 0 Å². The molecule has 0 unspecified atom stereocenters. The third-order valence-corrected chi connectivity index (χ3v) is 3.12. The summed E-state index contributed by atoms with van der Waals surface area (Å²) in [5, 5.41) is 1.41. The molecule has 0 spiro atoms. The van der Waals surface area contributed by atoms with Gasteiger partial charge in [-0.05, 0) is 11.6 Å². The van der Waals surface area contributed by atoms with Crippen LogP contribution >= 0.6 is 0 Å². The summed E-state index contributed by atoms with van der Waals surface area (Å²) in [5.41, 5.74) is 1.69. The maximum atomic E-state index is 12.2. The van der Waals surface area contributed by atoms with E-state index in [1.807, 2.05) is 48.6 Å². The van der Waals surface area contributed by atoms with E-state index in [9.17, 15) is 4.79 Å². The number of rotatable bonds is 1. The summed E-state index contributed by atoms with van der Waals surface area (Å²) >= 11 is 0. The lowest BCUT2D eigenvalue weighted by Crippen LogP contribution is -2.46. The highest BCUT2D eigenvalue weighted by Gasteiger charge is 2.38. The van der Waals surface area contributed by atoms with Crippen LogP contribution in [0.2, 0.25) is 0 Å². The largest absolute Gasteiger partial charge is 0.278 e. The van der Waals surface area contributed by atoms with Gasteiger partial charge in [-0.3, -0.25) is 9.63 Å². The molecule has 85 valence electrons. The molecule has 1 aliphatic heterocycles. The van der Waals surface area contributed by atoms with Crippen LogP contribution in [0.1, 0.15) is 15.9 Å². The second-order valence-corrected chi connectivity index (χ2v) is 4.00. The summed E-state index contributed by atoms with van der Waals surface area (Å²) in [6.07, 6.45) is 7.91. The fraction of sp³-hybridized carbons (Fsp3) is 0.143. The van der Waals surface area contributed by atoms with E-state index in [0.29, 0.717) is 5.56 Å². The summed E-state index contributed by atoms with van der Waals surface area (Å²) in [6, 6.07) is 7.51. The average molecular weight is 226 g/mol. The number of hydrogen-bond acceptors (Lipinski definition) is 2. The number of hydroxylamine groups is 2. The maximum Gasteiger partial charge on any atom is 0.278 e. The van der Waals surface area contributed by atoms with Crippen molar-refractivity contribution >= 4 is 5.91 Å². The van der Waals surface area contributed by atoms with Gasteiger partial charge >= 0.3 is 0 Å². The zero-order valence-corrected chi connectivity index (χ0v) is 9.46. The van der Waals surface area contributed by atoms with Crippen molar-refractivity contribution < 1.29 is 9.63 Å². The average Bonchev–Trinajstić information content (AvgIpc) is 2.40. The molecule has 1 heterocycles. The number of fused-ring (bicyclic) bond motifs is 3. The minimum atomic E-state index is -0.118. The first-order valence-electron chi connectivity index (χ1n) is 5.51. The van der Waals surface area contributed by atoms with Crippen molar-refractivity contribution in [1.29, 1.82) is 0 Å². The van der Waals surface area contributed by atoms with Gasteiger partial charge in [-0.25, -0.2) is 5.06 Å². The first-order chi connectivity index (χ1) is 8.33. The molecular weight excluding hydrogens is 214 g/mol. The highest BCUT2D eigenvalue weighted by Crippen LogP contribution is 2.35. The van der Waals surface area contributed by atoms with Crippen LogP contribution in [0.5, 0.6) is 0 Å². The van der Waals surface area contributed by atoms with Gasteiger partial charge in [0, 0.05) is 5.56 Å². The van der Waals surface area contributed by atoms with Crippen molar-refractivity contribution in [2.75, 3.05) is 7.11 Å². The Hall–Kier alpha value is -1.87. The van der Waals surface area contributed by atoms with Crippen molar-refractivity contribution in [2.45, 2.75) is 6.04 Å². The van der Waals surface area contributed by atoms with Crippen LogP contribution in [0.15, 0.2) is 48.6 Å². The summed E-state index contributed by atoms with van der Waals surface area (Å²) in [4.78, 5) is 17.4. The van der Waals surface area contributed by atoms with Gasteiger partial charge in [-0.15, -0.1) is 0 Å². The summed E-state index contributed by atoms with van der Waals surface area (Å²) in [5.74, 6) is 1.02. The monoisotopic (exact) mass is 226 g/mol. The van der Waals surface area contributed by atoms with Crippen LogP contribution in [0.25, 0.3) is 0 Å². The van der Waals surface area contributed by atoms with E-state index < -0.39 is 0 Å². The quantitative estimate of drug-likeness (QED) is 0.734. The van der Waals surface area contributed by atoms with E-state index in [-0.39, 0.29) is 11.9 Å². The molecule has 2 aliphatic rings. The van der Waals surface area contributed by atoms with E-state index in [2.05, 4.69) is 0 Å². The Morgan fingerprint density at radius 1 is 1.18 bits per heavy atom. The molecule has 3 rings (SSSR count). The van der Waals surface area contributed by atoms with Gasteiger partial charge in [-0.2, -0.15) is 0 Å². The molecule has 3 nitrogen and oxygen atoms in total. The Balaban J connectivity index is 2.17. The third-order valence-electron chi connectivity index (χ3n) is 3.12. The molecule has 1 aromatic rings. The van der Waals surface area contributed by atoms with Gasteiger partial charge in [0.2, 0.25) is 0 Å². The molecule has 0 saturated heterocycles. The second-order valence-electron chi connectivity index (χ2n) is 4.00. The first kappa shape index (κ1) is 10.3. The lowest BCUT2D eigenvalue weighted by atomic mass is 9.82. The smallest absolute Gasteiger partial charge is 0.273 e. The predicted octanol–water partition coefficient (Wildman–Crippen LogP) is 2.12. The molecule has 1 radical (unpaired) electrons. The molecule has 0 fully saturated rings. The number of allylic oxidation sites excluding steroid dienone is 2. The summed E-state index contributed by atoms with van der Waals surface area (Å²) < 4.78 is 0. The van der Waals surface area contributed by atoms with Gasteiger partial charge in [-0.1, -0.05) is 42.5 Å². The molecule has 1 aliphatic carbocycles. The number of nitrogens with zero attached hydrogens (tertiary/aromatic N) is 1. The van der Waals surface area contributed by atoms with Crippen LogP contribution in [0, 0.1) is 5.92 Å². The first-order valence-corrected chi connectivity index (χ1v) is 5.51. The molecule has 0 bridgehead atoms. The summed E-state index contributed by atoms with van der Waals surface area (Å²) in [7, 11) is 1.52. The lowest BCUT2D eigenvalue weighted by molar-refractivity contribution is -0.110. The lowest BCUT2D eigenvalue weighted by Gasteiger charge is -2.38. The highest BCUT2D eigenvalue weighted by atomic mass is 16.7. The molecule has 0 saturated carbocycles. The van der Waals surface area contributed by atoms with Crippen molar-refractivity contribution in [1.82, 2.24) is 5.06 Å². The molecular formula is C14H12NO2. The van der Waals surface area contributed by atoms with E-state index in [4.69, 9.17) is 4.84 Å². The van der Waals surface area contributed by atoms with Crippen molar-refractivity contribution in [2.24, 2.45) is 0 Å². The molecule has 1 amide bonds. The van der Waals surface area contributed by atoms with Crippen molar-refractivity contribution in [3.63, 3.8) is 0 Å². The van der Waals surface area contributed by atoms with E-state index in [1.54, 1.807) is 0 Å². The maximum absolute atomic E-state index is 12.2. The Morgan fingerprint density at radius 3 is 2.71 bits per heavy atom. The second kappa shape index (κ2) is 3.86. The SMILES string of the molecule is CON1C(=O)c2ccccc2[C]2C=CC=C[C@@H]21. The minimum absolute atomic E-state index is 0.0863. The number of carbonyl (C=O) groups excluding carboxylic acids is 1. The van der Waals surface area contributed by atoms with Gasteiger partial charge < -0.3 is 0 Å². The fourth-order valence-electron chi connectivity index (χ4n) is 2.35. The zero-order valence-electron chi connectivity index (χ0n) is 9.46. The molecule has 3 heteroatoms. The predicted molar refractivity (Wildman–Crippen MR) is 64.0 cm³/mol. The molecule has 0 N–H and O–H groups in total. The van der Waals surface area contributed by atoms with Gasteiger partial charge in [0.1, 0.15) is 0 Å². The van der Waals surface area contributed by atoms with Crippen LogP contribution in [-0.2, 0) is 4.84 Å². The van der Waals surface area contributed by atoms with Crippen LogP contribution in [0.4, 0.5) is 0 Å². The Labute approximate surface area is 99.9 Å². The Bertz CT molecular complexity index is 519. The van der Waals surface area contributed by atoms with E-state index in [0.717, 1.165) is 11.5 Å². The standard InChI is InChI=1S/C14H12NO2/c1-17-15-13-9-5-4-7-11(13)10-6-2-3-8-12(10)14(15)16/h2-9,13H,1H3/t13-/m0/s1. The minimum Gasteiger partial charge on any atom is -0.273 e. The fourth-order valence-corrected chi connectivity index (χ4v) is 2.35. The van der Waals surface area contributed by atoms with E-state index in [1.165, 1.54) is 12.2 Å². The molecule has 0 aromatic heterocycles. The molecule has 1 aromatic carbocycles. The number of benzene rings is 1. The molecule has 17 heavy (non-hydrogen) atoms. The molecule has 1 atom stereocenters. The van der Waals surface area contributed by atoms with Crippen molar-refractivity contribution in [3.05, 3.63) is 65.6 Å². The zero-order chi connectivity index (χ0) is 11.8. The van der Waals surface area contributed by atoms with Crippen molar-refractivity contribution in [3.8, 4) is 0 Å². The number of amides is 1. The Morgan fingerprint density at radius 2 is 1.94 bits per heavy atom. The van der Waals surface area contributed by atoms with Gasteiger partial charge in [0.15, 0.2) is 0 Å². The van der Waals surface area contributed by atoms with Crippen LogP contribution in [-0.4, -0.2) is 24.1 Å². The highest BCUT2D eigenvalue weighted by molar-refractivity contribution is 5.98. The topological polar surface area (TPSA) is 29.5 Å². The van der Waals surface area contributed by atoms with Crippen LogP contribution in [0.3, 0.4) is 0 Å². The van der Waals surface area contributed by atoms with E-state index >= 15 is 0 Å². The third kappa shape index (κ3) is 1.43. The summed E-state index contributed by atoms with van der Waals surface area (Å²) in [6.45, 7) is 0. The number of carbonyl (C=O) groups is 1. The van der Waals surface area contributed by atoms with Gasteiger partial charge in [0.25, 0.3) is 5.91 Å².